The fraction of sp³-hybridized carbons (Fsp3) is 0.429. The summed E-state index contributed by atoms with van der Waals surface area (Å²) in [6.45, 7) is 2.98. The lowest BCUT2D eigenvalue weighted by Crippen LogP contribution is -2.25. The minimum atomic E-state index is 0.249. The molecule has 8 heteroatoms. The summed E-state index contributed by atoms with van der Waals surface area (Å²) in [5.41, 5.74) is 2.42. The molecule has 1 atom stereocenters. The molecule has 2 aliphatic rings. The summed E-state index contributed by atoms with van der Waals surface area (Å²) in [4.78, 5) is 16.3. The van der Waals surface area contributed by atoms with Gasteiger partial charge >= 0.3 is 0 Å². The Hall–Kier alpha value is -2.67. The molecule has 2 fully saturated rings. The number of aromatic amines is 1. The first-order valence-corrected chi connectivity index (χ1v) is 10.7. The number of nitrogens with one attached hydrogen (secondary N) is 2. The molecule has 1 aromatic carbocycles. The number of hydrogen-bond donors (Lipinski definition) is 2. The topological polar surface area (TPSA) is 82.6 Å². The Bertz CT molecular complexity index is 997. The van der Waals surface area contributed by atoms with Crippen LogP contribution in [-0.2, 0) is 6.42 Å². The molecule has 3 aromatic rings. The van der Waals surface area contributed by atoms with E-state index in [2.05, 4.69) is 50.5 Å². The third kappa shape index (κ3) is 3.92. The van der Waals surface area contributed by atoms with E-state index in [4.69, 9.17) is 21.6 Å². The summed E-state index contributed by atoms with van der Waals surface area (Å²) in [7, 11) is 0. The van der Waals surface area contributed by atoms with E-state index < -0.39 is 0 Å². The second-order valence-electron chi connectivity index (χ2n) is 7.74. The summed E-state index contributed by atoms with van der Waals surface area (Å²) < 4.78 is 0. The van der Waals surface area contributed by atoms with Crippen molar-refractivity contribution >= 4 is 29.3 Å². The summed E-state index contributed by atoms with van der Waals surface area (Å²) >= 11 is 6.07. The first-order chi connectivity index (χ1) is 14.2. The van der Waals surface area contributed by atoms with Gasteiger partial charge in [0.1, 0.15) is 5.82 Å². The van der Waals surface area contributed by atoms with E-state index >= 15 is 0 Å². The fourth-order valence-corrected chi connectivity index (χ4v) is 4.03. The van der Waals surface area contributed by atoms with E-state index in [1.54, 1.807) is 0 Å². The first-order valence-electron chi connectivity index (χ1n) is 10.3. The standard InChI is InChI=1S/C21H24ClN7/c1-2-18-23-20(24-19-12-16(27-28-19)13-5-6-13)26-21(25-18)29-11-3-4-17(29)14-7-9-15(22)10-8-14/h7-10,12-13,17H,2-6,11H2,1H3,(H2,23,24,25,26,27,28). The van der Waals surface area contributed by atoms with Crippen LogP contribution in [0.2, 0.25) is 5.02 Å². The van der Waals surface area contributed by atoms with Crippen LogP contribution in [0.25, 0.3) is 0 Å². The van der Waals surface area contributed by atoms with Gasteiger partial charge in [-0.15, -0.1) is 0 Å². The maximum atomic E-state index is 6.07. The molecule has 0 spiro atoms. The average molecular weight is 410 g/mol. The van der Waals surface area contributed by atoms with Crippen LogP contribution in [0.15, 0.2) is 30.3 Å². The predicted molar refractivity (Wildman–Crippen MR) is 114 cm³/mol. The number of benzene rings is 1. The molecule has 1 aliphatic heterocycles. The molecule has 0 amide bonds. The van der Waals surface area contributed by atoms with Gasteiger partial charge in [0.15, 0.2) is 5.82 Å². The molecular formula is C21H24ClN7. The number of anilines is 3. The summed E-state index contributed by atoms with van der Waals surface area (Å²) in [5.74, 6) is 3.42. The highest BCUT2D eigenvalue weighted by Crippen LogP contribution is 2.40. The van der Waals surface area contributed by atoms with Gasteiger partial charge in [0.25, 0.3) is 0 Å². The summed E-state index contributed by atoms with van der Waals surface area (Å²) in [5, 5.41) is 11.5. The molecule has 0 radical (unpaired) electrons. The third-order valence-corrected chi connectivity index (χ3v) is 5.86. The molecule has 150 valence electrons. The highest BCUT2D eigenvalue weighted by molar-refractivity contribution is 6.30. The Labute approximate surface area is 174 Å². The van der Waals surface area contributed by atoms with Crippen molar-refractivity contribution in [1.29, 1.82) is 0 Å². The Morgan fingerprint density at radius 1 is 1.14 bits per heavy atom. The van der Waals surface area contributed by atoms with E-state index in [-0.39, 0.29) is 6.04 Å². The SMILES string of the molecule is CCc1nc(Nc2cc(C3CC3)[nH]n2)nc(N2CCCC2c2ccc(Cl)cc2)n1. The number of aryl methyl sites for hydroxylation is 1. The van der Waals surface area contributed by atoms with Crippen LogP contribution in [0.3, 0.4) is 0 Å². The zero-order chi connectivity index (χ0) is 19.8. The van der Waals surface area contributed by atoms with Gasteiger partial charge in [-0.1, -0.05) is 30.7 Å². The highest BCUT2D eigenvalue weighted by Gasteiger charge is 2.29. The van der Waals surface area contributed by atoms with Crippen LogP contribution in [-0.4, -0.2) is 31.7 Å². The fourth-order valence-electron chi connectivity index (χ4n) is 3.91. The zero-order valence-corrected chi connectivity index (χ0v) is 17.2. The lowest BCUT2D eigenvalue weighted by molar-refractivity contribution is 0.695. The average Bonchev–Trinajstić information content (AvgIpc) is 3.28. The molecule has 29 heavy (non-hydrogen) atoms. The largest absolute Gasteiger partial charge is 0.334 e. The predicted octanol–water partition coefficient (Wildman–Crippen LogP) is 4.77. The molecule has 2 N–H and O–H groups in total. The quantitative estimate of drug-likeness (QED) is 0.610. The third-order valence-electron chi connectivity index (χ3n) is 5.61. The molecule has 1 unspecified atom stereocenters. The summed E-state index contributed by atoms with van der Waals surface area (Å²) in [6.07, 6.45) is 5.39. The molecule has 2 aromatic heterocycles. The highest BCUT2D eigenvalue weighted by atomic mass is 35.5. The molecule has 7 nitrogen and oxygen atoms in total. The monoisotopic (exact) mass is 409 g/mol. The number of nitrogens with zero attached hydrogens (tertiary/aromatic N) is 5. The molecule has 1 aliphatic carbocycles. The van der Waals surface area contributed by atoms with E-state index in [1.807, 2.05) is 12.1 Å². The number of halogens is 1. The smallest absolute Gasteiger partial charge is 0.233 e. The second kappa shape index (κ2) is 7.63. The lowest BCUT2D eigenvalue weighted by atomic mass is 10.1. The van der Waals surface area contributed by atoms with Crippen LogP contribution >= 0.6 is 11.6 Å². The Morgan fingerprint density at radius 2 is 1.97 bits per heavy atom. The van der Waals surface area contributed by atoms with Crippen molar-refractivity contribution in [3.8, 4) is 0 Å². The van der Waals surface area contributed by atoms with Crippen LogP contribution in [0.1, 0.15) is 61.6 Å². The van der Waals surface area contributed by atoms with Crippen LogP contribution < -0.4 is 10.2 Å². The molecule has 1 saturated heterocycles. The van der Waals surface area contributed by atoms with E-state index in [9.17, 15) is 0 Å². The van der Waals surface area contributed by atoms with Crippen molar-refractivity contribution < 1.29 is 0 Å². The Kier molecular flexibility index (Phi) is 4.83. The molecule has 5 rings (SSSR count). The van der Waals surface area contributed by atoms with Gasteiger partial charge in [-0.2, -0.15) is 20.1 Å². The van der Waals surface area contributed by atoms with Gasteiger partial charge in [-0.05, 0) is 43.4 Å². The van der Waals surface area contributed by atoms with E-state index in [0.29, 0.717) is 11.9 Å². The summed E-state index contributed by atoms with van der Waals surface area (Å²) in [6, 6.07) is 10.4. The minimum Gasteiger partial charge on any atom is -0.334 e. The zero-order valence-electron chi connectivity index (χ0n) is 16.4. The number of aromatic nitrogens is 5. The van der Waals surface area contributed by atoms with Crippen molar-refractivity contribution in [2.75, 3.05) is 16.8 Å². The maximum Gasteiger partial charge on any atom is 0.233 e. The first kappa shape index (κ1) is 18.4. The molecule has 3 heterocycles. The molecule has 0 bridgehead atoms. The normalized spacial score (nSPS) is 19.0. The van der Waals surface area contributed by atoms with Gasteiger partial charge in [-0.25, -0.2) is 0 Å². The number of rotatable bonds is 6. The number of hydrogen-bond acceptors (Lipinski definition) is 6. The van der Waals surface area contributed by atoms with Crippen molar-refractivity contribution in [3.63, 3.8) is 0 Å². The lowest BCUT2D eigenvalue weighted by Gasteiger charge is -2.25. The molecular weight excluding hydrogens is 386 g/mol. The second-order valence-corrected chi connectivity index (χ2v) is 8.18. The van der Waals surface area contributed by atoms with Crippen molar-refractivity contribution in [2.45, 2.75) is 51.0 Å². The Balaban J connectivity index is 1.42. The van der Waals surface area contributed by atoms with Gasteiger partial charge in [0, 0.05) is 35.7 Å². The van der Waals surface area contributed by atoms with Gasteiger partial charge in [0.05, 0.1) is 6.04 Å². The van der Waals surface area contributed by atoms with Crippen LogP contribution in [0, 0.1) is 0 Å². The van der Waals surface area contributed by atoms with Crippen molar-refractivity contribution in [3.05, 3.63) is 52.4 Å². The molecule has 1 saturated carbocycles. The van der Waals surface area contributed by atoms with Crippen LogP contribution in [0.4, 0.5) is 17.7 Å². The minimum absolute atomic E-state index is 0.249. The van der Waals surface area contributed by atoms with Gasteiger partial charge < -0.3 is 10.2 Å². The maximum absolute atomic E-state index is 6.07. The van der Waals surface area contributed by atoms with E-state index in [1.165, 1.54) is 24.1 Å². The van der Waals surface area contributed by atoms with Gasteiger partial charge in [-0.3, -0.25) is 5.10 Å². The number of H-pyrrole nitrogens is 1. The Morgan fingerprint density at radius 3 is 2.72 bits per heavy atom. The van der Waals surface area contributed by atoms with E-state index in [0.717, 1.165) is 48.4 Å². The van der Waals surface area contributed by atoms with Gasteiger partial charge in [0.2, 0.25) is 11.9 Å². The van der Waals surface area contributed by atoms with Crippen molar-refractivity contribution in [2.24, 2.45) is 0 Å². The van der Waals surface area contributed by atoms with Crippen molar-refractivity contribution in [1.82, 2.24) is 25.1 Å². The van der Waals surface area contributed by atoms with Crippen LogP contribution in [0.5, 0.6) is 0 Å².